The molecule has 0 aliphatic rings. The fourth-order valence-electron chi connectivity index (χ4n) is 2.45. The third-order valence-corrected chi connectivity index (χ3v) is 3.42. The van der Waals surface area contributed by atoms with E-state index < -0.39 is 0 Å². The highest BCUT2D eigenvalue weighted by atomic mass is 16.7. The summed E-state index contributed by atoms with van der Waals surface area (Å²) in [7, 11) is 0. The minimum atomic E-state index is -0.188. The molecule has 19 heavy (non-hydrogen) atoms. The Bertz CT molecular complexity index is 343. The van der Waals surface area contributed by atoms with E-state index >= 15 is 0 Å². The van der Waals surface area contributed by atoms with E-state index in [1.165, 1.54) is 18.4 Å². The van der Waals surface area contributed by atoms with Gasteiger partial charge >= 0.3 is 0 Å². The Morgan fingerprint density at radius 1 is 1.00 bits per heavy atom. The molecule has 1 rings (SSSR count). The second-order valence-corrected chi connectivity index (χ2v) is 5.35. The summed E-state index contributed by atoms with van der Waals surface area (Å²) in [6.45, 7) is 11.4. The summed E-state index contributed by atoms with van der Waals surface area (Å²) in [5.74, 6) is 2.20. The maximum Gasteiger partial charge on any atom is 0.196 e. The number of hydrogen-bond acceptors (Lipinski definition) is 2. The Kier molecular flexibility index (Phi) is 6.93. The molecule has 0 fully saturated rings. The summed E-state index contributed by atoms with van der Waals surface area (Å²) in [6, 6.07) is 8.48. The molecule has 0 N–H and O–H groups in total. The minimum absolute atomic E-state index is 0.188. The molecule has 0 aliphatic heterocycles. The quantitative estimate of drug-likeness (QED) is 0.616. The van der Waals surface area contributed by atoms with Gasteiger partial charge in [0, 0.05) is 6.61 Å². The topological polar surface area (TPSA) is 18.5 Å². The van der Waals surface area contributed by atoms with Crippen LogP contribution in [0.3, 0.4) is 0 Å². The van der Waals surface area contributed by atoms with Crippen molar-refractivity contribution in [2.24, 2.45) is 5.92 Å². The van der Waals surface area contributed by atoms with Gasteiger partial charge in [-0.15, -0.1) is 0 Å². The smallest absolute Gasteiger partial charge is 0.196 e. The van der Waals surface area contributed by atoms with Gasteiger partial charge in [-0.3, -0.25) is 0 Å². The second kappa shape index (κ2) is 8.21. The van der Waals surface area contributed by atoms with Crippen LogP contribution in [0, 0.1) is 5.92 Å². The van der Waals surface area contributed by atoms with Crippen LogP contribution in [0.5, 0.6) is 5.75 Å². The van der Waals surface area contributed by atoms with E-state index in [2.05, 4.69) is 45.0 Å². The molecular weight excluding hydrogens is 236 g/mol. The SMILES string of the molecule is CCCC(c1ccc(OC(C)OCC)cc1)C(C)C. The molecule has 0 saturated carbocycles. The number of hydrogen-bond donors (Lipinski definition) is 0. The van der Waals surface area contributed by atoms with Crippen LogP contribution in [0.25, 0.3) is 0 Å². The van der Waals surface area contributed by atoms with Crippen molar-refractivity contribution in [1.29, 1.82) is 0 Å². The number of ether oxygens (including phenoxy) is 2. The molecule has 2 atom stereocenters. The van der Waals surface area contributed by atoms with Crippen LogP contribution < -0.4 is 4.74 Å². The summed E-state index contributed by atoms with van der Waals surface area (Å²) in [5.41, 5.74) is 1.41. The normalized spacial score (nSPS) is 14.4. The van der Waals surface area contributed by atoms with Gasteiger partial charge in [-0.2, -0.15) is 0 Å². The average molecular weight is 264 g/mol. The molecule has 0 spiro atoms. The van der Waals surface area contributed by atoms with Crippen LogP contribution in [0.1, 0.15) is 58.9 Å². The van der Waals surface area contributed by atoms with E-state index in [1.807, 2.05) is 13.8 Å². The van der Waals surface area contributed by atoms with Crippen molar-refractivity contribution in [1.82, 2.24) is 0 Å². The Labute approximate surface area is 118 Å². The summed E-state index contributed by atoms with van der Waals surface area (Å²) in [5, 5.41) is 0. The van der Waals surface area contributed by atoms with E-state index in [0.717, 1.165) is 5.75 Å². The van der Waals surface area contributed by atoms with Crippen molar-refractivity contribution >= 4 is 0 Å². The van der Waals surface area contributed by atoms with Crippen molar-refractivity contribution in [3.05, 3.63) is 29.8 Å². The van der Waals surface area contributed by atoms with Crippen molar-refractivity contribution < 1.29 is 9.47 Å². The lowest BCUT2D eigenvalue weighted by Crippen LogP contribution is -2.16. The number of rotatable bonds is 8. The van der Waals surface area contributed by atoms with E-state index in [1.54, 1.807) is 0 Å². The Hall–Kier alpha value is -1.02. The highest BCUT2D eigenvalue weighted by molar-refractivity contribution is 5.29. The van der Waals surface area contributed by atoms with Crippen molar-refractivity contribution in [2.75, 3.05) is 6.61 Å². The van der Waals surface area contributed by atoms with Crippen LogP contribution in [0.15, 0.2) is 24.3 Å². The zero-order valence-corrected chi connectivity index (χ0v) is 13.0. The van der Waals surface area contributed by atoms with Crippen LogP contribution in [-0.4, -0.2) is 12.9 Å². The van der Waals surface area contributed by atoms with Gasteiger partial charge < -0.3 is 9.47 Å². The average Bonchev–Trinajstić information content (AvgIpc) is 2.37. The van der Waals surface area contributed by atoms with Gasteiger partial charge in [0.2, 0.25) is 0 Å². The van der Waals surface area contributed by atoms with Crippen molar-refractivity contribution in [2.45, 2.75) is 59.7 Å². The lowest BCUT2D eigenvalue weighted by atomic mass is 9.85. The van der Waals surface area contributed by atoms with Gasteiger partial charge in [-0.25, -0.2) is 0 Å². The highest BCUT2D eigenvalue weighted by Gasteiger charge is 2.14. The number of benzene rings is 1. The molecule has 0 bridgehead atoms. The van der Waals surface area contributed by atoms with E-state index in [4.69, 9.17) is 9.47 Å². The zero-order chi connectivity index (χ0) is 14.3. The summed E-state index contributed by atoms with van der Waals surface area (Å²) in [4.78, 5) is 0. The molecule has 2 heteroatoms. The van der Waals surface area contributed by atoms with Gasteiger partial charge in [0.25, 0.3) is 0 Å². The van der Waals surface area contributed by atoms with Crippen LogP contribution >= 0.6 is 0 Å². The van der Waals surface area contributed by atoms with E-state index in [0.29, 0.717) is 18.4 Å². The van der Waals surface area contributed by atoms with Crippen LogP contribution in [0.4, 0.5) is 0 Å². The molecule has 1 aromatic carbocycles. The molecule has 1 aromatic rings. The van der Waals surface area contributed by atoms with Crippen LogP contribution in [0.2, 0.25) is 0 Å². The molecule has 2 unspecified atom stereocenters. The molecule has 0 heterocycles. The zero-order valence-electron chi connectivity index (χ0n) is 13.0. The monoisotopic (exact) mass is 264 g/mol. The molecule has 0 saturated heterocycles. The van der Waals surface area contributed by atoms with E-state index in [-0.39, 0.29) is 6.29 Å². The van der Waals surface area contributed by atoms with Crippen molar-refractivity contribution in [3.8, 4) is 5.75 Å². The second-order valence-electron chi connectivity index (χ2n) is 5.35. The fraction of sp³-hybridized carbons (Fsp3) is 0.647. The predicted molar refractivity (Wildman–Crippen MR) is 80.6 cm³/mol. The molecular formula is C17H28O2. The van der Waals surface area contributed by atoms with Gasteiger partial charge in [0.05, 0.1) is 0 Å². The largest absolute Gasteiger partial charge is 0.465 e. The molecule has 0 amide bonds. The lowest BCUT2D eigenvalue weighted by Gasteiger charge is -2.21. The van der Waals surface area contributed by atoms with Gasteiger partial charge in [-0.05, 0) is 49.8 Å². The standard InChI is InChI=1S/C17H28O2/c1-6-8-17(13(3)4)15-9-11-16(12-10-15)19-14(5)18-7-2/h9-14,17H,6-8H2,1-5H3. The van der Waals surface area contributed by atoms with Gasteiger partial charge in [0.15, 0.2) is 6.29 Å². The molecule has 2 nitrogen and oxygen atoms in total. The first-order valence-electron chi connectivity index (χ1n) is 7.46. The molecule has 0 aliphatic carbocycles. The first-order valence-corrected chi connectivity index (χ1v) is 7.46. The third-order valence-electron chi connectivity index (χ3n) is 3.42. The lowest BCUT2D eigenvalue weighted by molar-refractivity contribution is -0.0613. The summed E-state index contributed by atoms with van der Waals surface area (Å²) < 4.78 is 11.1. The fourth-order valence-corrected chi connectivity index (χ4v) is 2.45. The maximum absolute atomic E-state index is 5.69. The Morgan fingerprint density at radius 3 is 2.11 bits per heavy atom. The molecule has 0 radical (unpaired) electrons. The van der Waals surface area contributed by atoms with E-state index in [9.17, 15) is 0 Å². The van der Waals surface area contributed by atoms with Gasteiger partial charge in [-0.1, -0.05) is 39.3 Å². The highest BCUT2D eigenvalue weighted by Crippen LogP contribution is 2.30. The summed E-state index contributed by atoms with van der Waals surface area (Å²) in [6.07, 6.45) is 2.28. The van der Waals surface area contributed by atoms with Crippen LogP contribution in [-0.2, 0) is 4.74 Å². The Balaban J connectivity index is 2.69. The molecule has 0 aromatic heterocycles. The predicted octanol–water partition coefficient (Wildman–Crippen LogP) is 4.99. The molecule has 108 valence electrons. The first-order chi connectivity index (χ1) is 9.08. The maximum atomic E-state index is 5.69. The Morgan fingerprint density at radius 2 is 1.63 bits per heavy atom. The third kappa shape index (κ3) is 5.23. The summed E-state index contributed by atoms with van der Waals surface area (Å²) >= 11 is 0. The first kappa shape index (κ1) is 16.0. The van der Waals surface area contributed by atoms with Crippen molar-refractivity contribution in [3.63, 3.8) is 0 Å². The van der Waals surface area contributed by atoms with Gasteiger partial charge in [0.1, 0.15) is 5.75 Å². The minimum Gasteiger partial charge on any atom is -0.465 e.